The molecule has 1 heterocycles. The van der Waals surface area contributed by atoms with Gasteiger partial charge in [0.2, 0.25) is 5.84 Å². The Bertz CT molecular complexity index is 654. The molecule has 21 heavy (non-hydrogen) atoms. The van der Waals surface area contributed by atoms with Crippen LogP contribution in [0.15, 0.2) is 34.3 Å². The maximum absolute atomic E-state index is 12.0. The van der Waals surface area contributed by atoms with E-state index in [0.717, 1.165) is 24.8 Å². The highest BCUT2D eigenvalue weighted by Gasteiger charge is 2.19. The van der Waals surface area contributed by atoms with Gasteiger partial charge >= 0.3 is 10.1 Å². The first-order valence-electron chi connectivity index (χ1n) is 6.76. The molecule has 1 aliphatic heterocycles. The van der Waals surface area contributed by atoms with Gasteiger partial charge in [-0.1, -0.05) is 17.7 Å². The lowest BCUT2D eigenvalue weighted by Gasteiger charge is -2.25. The molecule has 0 spiro atoms. The average molecular weight is 307 g/mol. The van der Waals surface area contributed by atoms with Crippen molar-refractivity contribution >= 4 is 16.0 Å². The monoisotopic (exact) mass is 307 g/mol. The number of hydrogen-bond donors (Lipinski definition) is 0. The Hall–Kier alpha value is -2.07. The maximum Gasteiger partial charge on any atom is 0.358 e. The first-order valence-corrected chi connectivity index (χ1v) is 8.17. The Kier molecular flexibility index (Phi) is 4.81. The molecule has 1 saturated heterocycles. The lowest BCUT2D eigenvalue weighted by atomic mass is 10.1. The molecule has 112 valence electrons. The second-order valence-electron chi connectivity index (χ2n) is 4.92. The van der Waals surface area contributed by atoms with Crippen LogP contribution in [0.4, 0.5) is 0 Å². The quantitative estimate of drug-likeness (QED) is 0.485. The second-order valence-corrected chi connectivity index (χ2v) is 6.44. The molecule has 0 aromatic heterocycles. The van der Waals surface area contributed by atoms with E-state index >= 15 is 0 Å². The summed E-state index contributed by atoms with van der Waals surface area (Å²) in [5, 5.41) is 12.6. The molecule has 0 saturated carbocycles. The number of benzene rings is 1. The minimum Gasteiger partial charge on any atom is -0.345 e. The molecule has 6 nitrogen and oxygen atoms in total. The summed E-state index contributed by atoms with van der Waals surface area (Å²) in [5.74, 6) is 0.00499. The van der Waals surface area contributed by atoms with Crippen molar-refractivity contribution in [2.75, 3.05) is 13.1 Å². The zero-order valence-corrected chi connectivity index (χ0v) is 12.6. The van der Waals surface area contributed by atoms with E-state index in [9.17, 15) is 8.42 Å². The van der Waals surface area contributed by atoms with Gasteiger partial charge in [-0.15, -0.1) is 0 Å². The molecule has 1 aliphatic rings. The molecule has 0 amide bonds. The van der Waals surface area contributed by atoms with Gasteiger partial charge in [0.25, 0.3) is 0 Å². The van der Waals surface area contributed by atoms with Gasteiger partial charge in [0.1, 0.15) is 11.0 Å². The highest BCUT2D eigenvalue weighted by atomic mass is 32.2. The van der Waals surface area contributed by atoms with Crippen LogP contribution in [0.2, 0.25) is 0 Å². The Morgan fingerprint density at radius 3 is 2.43 bits per heavy atom. The first-order chi connectivity index (χ1) is 10.0. The number of oxime groups is 1. The molecule has 0 radical (unpaired) electrons. The summed E-state index contributed by atoms with van der Waals surface area (Å²) in [4.78, 5) is 1.77. The van der Waals surface area contributed by atoms with Crippen molar-refractivity contribution in [3.05, 3.63) is 29.8 Å². The Morgan fingerprint density at radius 1 is 1.24 bits per heavy atom. The zero-order chi connectivity index (χ0) is 15.3. The van der Waals surface area contributed by atoms with E-state index in [1.807, 2.05) is 13.0 Å². The smallest absolute Gasteiger partial charge is 0.345 e. The van der Waals surface area contributed by atoms with Gasteiger partial charge < -0.3 is 4.90 Å². The molecule has 7 heteroatoms. The fourth-order valence-corrected chi connectivity index (χ4v) is 2.81. The first kappa shape index (κ1) is 15.3. The molecule has 2 rings (SSSR count). The highest BCUT2D eigenvalue weighted by molar-refractivity contribution is 7.86. The van der Waals surface area contributed by atoms with Crippen molar-refractivity contribution in [2.45, 2.75) is 31.1 Å². The fourth-order valence-electron chi connectivity index (χ4n) is 2.09. The van der Waals surface area contributed by atoms with Crippen molar-refractivity contribution in [3.63, 3.8) is 0 Å². The number of hydrogen-bond acceptors (Lipinski definition) is 5. The summed E-state index contributed by atoms with van der Waals surface area (Å²) in [6, 6.07) is 8.15. The third-order valence-electron chi connectivity index (χ3n) is 3.29. The topological polar surface area (TPSA) is 82.8 Å². The van der Waals surface area contributed by atoms with Gasteiger partial charge in [-0.25, -0.2) is 0 Å². The van der Waals surface area contributed by atoms with Gasteiger partial charge in [0.15, 0.2) is 0 Å². The molecule has 1 fully saturated rings. The molecule has 0 N–H and O–H groups in total. The highest BCUT2D eigenvalue weighted by Crippen LogP contribution is 2.14. The van der Waals surface area contributed by atoms with E-state index in [4.69, 9.17) is 5.26 Å². The summed E-state index contributed by atoms with van der Waals surface area (Å²) in [5.41, 5.74) is 0.948. The zero-order valence-electron chi connectivity index (χ0n) is 11.8. The van der Waals surface area contributed by atoms with Crippen LogP contribution in [0.5, 0.6) is 0 Å². The van der Waals surface area contributed by atoms with Crippen LogP contribution in [-0.2, 0) is 14.4 Å². The number of piperidine rings is 1. The van der Waals surface area contributed by atoms with Crippen LogP contribution in [0.25, 0.3) is 0 Å². The van der Waals surface area contributed by atoms with Crippen LogP contribution in [0.3, 0.4) is 0 Å². The van der Waals surface area contributed by atoms with Crippen molar-refractivity contribution in [3.8, 4) is 6.07 Å². The SMILES string of the molecule is Cc1ccc(S(=O)(=O)ON=C(C#N)N2CCCCC2)cc1. The van der Waals surface area contributed by atoms with Crippen LogP contribution >= 0.6 is 0 Å². The van der Waals surface area contributed by atoms with Gasteiger partial charge in [-0.3, -0.25) is 4.28 Å². The third-order valence-corrected chi connectivity index (χ3v) is 4.41. The lowest BCUT2D eigenvalue weighted by molar-refractivity contribution is 0.303. The van der Waals surface area contributed by atoms with Crippen LogP contribution in [-0.4, -0.2) is 32.2 Å². The summed E-state index contributed by atoms with van der Waals surface area (Å²) in [6.07, 6.45) is 3.04. The average Bonchev–Trinajstić information content (AvgIpc) is 2.49. The fraction of sp³-hybridized carbons (Fsp3) is 0.429. The minimum atomic E-state index is -3.99. The number of aryl methyl sites for hydroxylation is 1. The summed E-state index contributed by atoms with van der Waals surface area (Å²) < 4.78 is 28.6. The van der Waals surface area contributed by atoms with E-state index in [1.165, 1.54) is 12.1 Å². The largest absolute Gasteiger partial charge is 0.358 e. The molecule has 0 atom stereocenters. The van der Waals surface area contributed by atoms with Crippen molar-refractivity contribution in [2.24, 2.45) is 5.16 Å². The summed E-state index contributed by atoms with van der Waals surface area (Å²) in [7, 11) is -3.99. The van der Waals surface area contributed by atoms with Gasteiger partial charge in [0.05, 0.1) is 0 Å². The van der Waals surface area contributed by atoms with Crippen molar-refractivity contribution in [1.82, 2.24) is 4.90 Å². The molecule has 0 unspecified atom stereocenters. The minimum absolute atomic E-state index is 0.00499. The third kappa shape index (κ3) is 3.95. The lowest BCUT2D eigenvalue weighted by Crippen LogP contribution is -2.35. The molecule has 0 aliphatic carbocycles. The van der Waals surface area contributed by atoms with E-state index < -0.39 is 10.1 Å². The summed E-state index contributed by atoms with van der Waals surface area (Å²) >= 11 is 0. The van der Waals surface area contributed by atoms with Gasteiger partial charge in [-0.05, 0) is 43.5 Å². The molecule has 0 bridgehead atoms. The predicted molar refractivity (Wildman–Crippen MR) is 77.9 cm³/mol. The van der Waals surface area contributed by atoms with E-state index in [0.29, 0.717) is 13.1 Å². The van der Waals surface area contributed by atoms with E-state index in [2.05, 4.69) is 9.44 Å². The summed E-state index contributed by atoms with van der Waals surface area (Å²) in [6.45, 7) is 3.25. The Balaban J connectivity index is 2.13. The number of rotatable bonds is 3. The number of nitrogens with zero attached hydrogens (tertiary/aromatic N) is 3. The molecule has 1 aromatic carbocycles. The second kappa shape index (κ2) is 6.59. The Morgan fingerprint density at radius 2 is 1.86 bits per heavy atom. The van der Waals surface area contributed by atoms with Gasteiger partial charge in [0, 0.05) is 13.1 Å². The van der Waals surface area contributed by atoms with Crippen LogP contribution < -0.4 is 0 Å². The van der Waals surface area contributed by atoms with Crippen LogP contribution in [0, 0.1) is 18.3 Å². The number of nitriles is 1. The Labute approximate surface area is 124 Å². The van der Waals surface area contributed by atoms with E-state index in [-0.39, 0.29) is 10.7 Å². The normalized spacial score (nSPS) is 16.4. The van der Waals surface area contributed by atoms with Gasteiger partial charge in [-0.2, -0.15) is 13.7 Å². The number of likely N-dealkylation sites (tertiary alicyclic amines) is 1. The molecular formula is C14H17N3O3S. The molecular weight excluding hydrogens is 290 g/mol. The number of amidine groups is 1. The van der Waals surface area contributed by atoms with Crippen LogP contribution in [0.1, 0.15) is 24.8 Å². The standard InChI is InChI=1S/C14H17N3O3S/c1-12-5-7-13(8-6-12)21(18,19)20-16-14(11-15)17-9-3-2-4-10-17/h5-8H,2-4,9-10H2,1H3. The maximum atomic E-state index is 12.0. The van der Waals surface area contributed by atoms with E-state index in [1.54, 1.807) is 17.0 Å². The predicted octanol–water partition coefficient (Wildman–Crippen LogP) is 2.02. The van der Waals surface area contributed by atoms with Crippen molar-refractivity contribution < 1.29 is 12.7 Å². The molecule has 1 aromatic rings. The van der Waals surface area contributed by atoms with Crippen molar-refractivity contribution in [1.29, 1.82) is 5.26 Å².